The van der Waals surface area contributed by atoms with E-state index in [1.165, 1.54) is 21.5 Å². The van der Waals surface area contributed by atoms with E-state index in [4.69, 9.17) is 14.4 Å². The van der Waals surface area contributed by atoms with Gasteiger partial charge in [-0.3, -0.25) is 0 Å². The zero-order valence-electron chi connectivity index (χ0n) is 28.6. The average Bonchev–Trinajstić information content (AvgIpc) is 3.60. The molecule has 0 aliphatic carbocycles. The number of amidine groups is 2. The molecule has 0 amide bonds. The minimum Gasteiger partial charge on any atom is -0.455 e. The molecule has 0 spiro atoms. The second-order valence-corrected chi connectivity index (χ2v) is 13.8. The Balaban J connectivity index is 1.18. The fourth-order valence-electron chi connectivity index (χ4n) is 8.13. The van der Waals surface area contributed by atoms with Crippen molar-refractivity contribution in [2.75, 3.05) is 0 Å². The van der Waals surface area contributed by atoms with Gasteiger partial charge in [0.15, 0.2) is 5.84 Å². The molecular weight excluding hydrogens is 647 g/mol. The molecule has 0 saturated heterocycles. The van der Waals surface area contributed by atoms with E-state index < -0.39 is 0 Å². The van der Waals surface area contributed by atoms with Crippen LogP contribution >= 0.6 is 0 Å². The maximum absolute atomic E-state index is 6.94. The van der Waals surface area contributed by atoms with Crippen LogP contribution in [0.2, 0.25) is 0 Å². The molecule has 1 aromatic heterocycles. The second kappa shape index (κ2) is 11.8. The molecule has 248 valence electrons. The van der Waals surface area contributed by atoms with Crippen molar-refractivity contribution in [3.8, 4) is 11.1 Å². The summed E-state index contributed by atoms with van der Waals surface area (Å²) in [6.45, 7) is 0. The van der Waals surface area contributed by atoms with Gasteiger partial charge in [0, 0.05) is 33.0 Å². The molecular formula is C49H31N3O. The lowest BCUT2D eigenvalue weighted by Crippen LogP contribution is -2.33. The molecule has 10 aromatic rings. The van der Waals surface area contributed by atoms with Crippen LogP contribution in [0, 0.1) is 0 Å². The van der Waals surface area contributed by atoms with Crippen LogP contribution in [0.4, 0.5) is 0 Å². The van der Waals surface area contributed by atoms with E-state index in [-0.39, 0.29) is 6.17 Å². The maximum atomic E-state index is 6.94. The Morgan fingerprint density at radius 2 is 1.08 bits per heavy atom. The molecule has 11 rings (SSSR count). The summed E-state index contributed by atoms with van der Waals surface area (Å²) in [6, 6.07) is 62.2. The molecule has 1 N–H and O–H groups in total. The van der Waals surface area contributed by atoms with Gasteiger partial charge in [-0.1, -0.05) is 146 Å². The molecule has 1 aliphatic rings. The molecule has 9 aromatic carbocycles. The molecule has 2 heterocycles. The van der Waals surface area contributed by atoms with Crippen molar-refractivity contribution in [1.82, 2.24) is 5.32 Å². The summed E-state index contributed by atoms with van der Waals surface area (Å²) in [5, 5.41) is 15.2. The van der Waals surface area contributed by atoms with Crippen LogP contribution in [0.15, 0.2) is 190 Å². The number of rotatable bonds is 4. The van der Waals surface area contributed by atoms with Crippen molar-refractivity contribution < 1.29 is 4.42 Å². The zero-order chi connectivity index (χ0) is 34.9. The fourth-order valence-corrected chi connectivity index (χ4v) is 8.13. The van der Waals surface area contributed by atoms with Gasteiger partial charge in [0.25, 0.3) is 0 Å². The smallest absolute Gasteiger partial charge is 0.159 e. The first-order valence-corrected chi connectivity index (χ1v) is 18.0. The molecule has 1 atom stereocenters. The maximum Gasteiger partial charge on any atom is 0.159 e. The van der Waals surface area contributed by atoms with E-state index in [0.717, 1.165) is 77.1 Å². The quantitative estimate of drug-likeness (QED) is 0.202. The number of nitrogens with zero attached hydrogens (tertiary/aromatic N) is 2. The van der Waals surface area contributed by atoms with Crippen LogP contribution in [0.1, 0.15) is 22.9 Å². The summed E-state index contributed by atoms with van der Waals surface area (Å²) in [7, 11) is 0. The number of fused-ring (bicyclic) bond motifs is 7. The van der Waals surface area contributed by atoms with Crippen molar-refractivity contribution in [2.24, 2.45) is 9.98 Å². The van der Waals surface area contributed by atoms with Crippen LogP contribution in [-0.4, -0.2) is 11.7 Å². The van der Waals surface area contributed by atoms with Crippen molar-refractivity contribution in [1.29, 1.82) is 0 Å². The Labute approximate surface area is 305 Å². The average molecular weight is 678 g/mol. The zero-order valence-corrected chi connectivity index (χ0v) is 28.6. The standard InChI is InChI=1S/C49H31N3O/c1-2-14-33-27-36(24-23-30(33)11-1)47-50-48(41-22-10-18-32-13-6-8-20-38(32)41)52-49(51-47)42-26-25-40(39-21-9-17-31-12-5-7-19-37(31)39)46-45(42)43-28-34-15-3-4-16-35(34)29-44(43)53-46/h1-29,48H,(H,50,51,52). The van der Waals surface area contributed by atoms with E-state index in [1.807, 2.05) is 0 Å². The highest BCUT2D eigenvalue weighted by Gasteiger charge is 2.26. The molecule has 0 fully saturated rings. The van der Waals surface area contributed by atoms with Gasteiger partial charge in [-0.25, -0.2) is 9.98 Å². The van der Waals surface area contributed by atoms with Crippen molar-refractivity contribution in [3.63, 3.8) is 0 Å². The first-order valence-electron chi connectivity index (χ1n) is 18.0. The van der Waals surface area contributed by atoms with Crippen LogP contribution in [-0.2, 0) is 0 Å². The molecule has 0 radical (unpaired) electrons. The highest BCUT2D eigenvalue weighted by molar-refractivity contribution is 6.25. The third kappa shape index (κ3) is 4.84. The lowest BCUT2D eigenvalue weighted by Gasteiger charge is -2.25. The third-order valence-corrected chi connectivity index (χ3v) is 10.7. The predicted molar refractivity (Wildman–Crippen MR) is 221 cm³/mol. The normalized spacial score (nSPS) is 14.6. The van der Waals surface area contributed by atoms with Gasteiger partial charge in [-0.2, -0.15) is 0 Å². The summed E-state index contributed by atoms with van der Waals surface area (Å²) in [6.07, 6.45) is -0.373. The van der Waals surface area contributed by atoms with E-state index in [1.54, 1.807) is 0 Å². The monoisotopic (exact) mass is 677 g/mol. The Morgan fingerprint density at radius 3 is 1.89 bits per heavy atom. The topological polar surface area (TPSA) is 49.9 Å². The van der Waals surface area contributed by atoms with E-state index >= 15 is 0 Å². The summed E-state index contributed by atoms with van der Waals surface area (Å²) >= 11 is 0. The molecule has 0 saturated carbocycles. The Hall–Kier alpha value is -7.04. The summed E-state index contributed by atoms with van der Waals surface area (Å²) in [5.74, 6) is 1.44. The first-order chi connectivity index (χ1) is 26.2. The lowest BCUT2D eigenvalue weighted by atomic mass is 9.93. The van der Waals surface area contributed by atoms with Crippen LogP contribution in [0.5, 0.6) is 0 Å². The molecule has 1 aliphatic heterocycles. The summed E-state index contributed by atoms with van der Waals surface area (Å²) in [5.41, 5.74) is 6.90. The van der Waals surface area contributed by atoms with Gasteiger partial charge >= 0.3 is 0 Å². The highest BCUT2D eigenvalue weighted by atomic mass is 16.3. The molecule has 0 bridgehead atoms. The van der Waals surface area contributed by atoms with Crippen molar-refractivity contribution in [3.05, 3.63) is 193 Å². The third-order valence-electron chi connectivity index (χ3n) is 10.7. The van der Waals surface area contributed by atoms with Crippen molar-refractivity contribution in [2.45, 2.75) is 6.17 Å². The van der Waals surface area contributed by atoms with E-state index in [0.29, 0.717) is 5.84 Å². The van der Waals surface area contributed by atoms with Crippen LogP contribution in [0.3, 0.4) is 0 Å². The second-order valence-electron chi connectivity index (χ2n) is 13.8. The van der Waals surface area contributed by atoms with Crippen molar-refractivity contribution >= 4 is 76.7 Å². The Kier molecular flexibility index (Phi) is 6.58. The molecule has 4 heteroatoms. The minimum absolute atomic E-state index is 0.373. The number of hydrogen-bond donors (Lipinski definition) is 1. The van der Waals surface area contributed by atoms with Crippen LogP contribution in [0.25, 0.3) is 76.2 Å². The van der Waals surface area contributed by atoms with E-state index in [2.05, 4.69) is 181 Å². The number of hydrogen-bond acceptors (Lipinski definition) is 4. The number of benzene rings is 9. The van der Waals surface area contributed by atoms with E-state index in [9.17, 15) is 0 Å². The predicted octanol–water partition coefficient (Wildman–Crippen LogP) is 12.4. The van der Waals surface area contributed by atoms with Crippen LogP contribution < -0.4 is 5.32 Å². The van der Waals surface area contributed by atoms with Gasteiger partial charge < -0.3 is 9.73 Å². The van der Waals surface area contributed by atoms with Gasteiger partial charge in [-0.05, 0) is 79.0 Å². The first kappa shape index (κ1) is 29.7. The molecule has 53 heavy (non-hydrogen) atoms. The SMILES string of the molecule is c1ccc2cc(C3=NC(c4cccc5ccccc45)NC(c4ccc(-c5cccc6ccccc56)c5oc6cc7ccccc7cc6c45)=N3)ccc2c1. The fraction of sp³-hybridized carbons (Fsp3) is 0.0204. The Bertz CT molecular complexity index is 3160. The van der Waals surface area contributed by atoms with Gasteiger partial charge in [0.1, 0.15) is 23.2 Å². The minimum atomic E-state index is -0.373. The van der Waals surface area contributed by atoms with Gasteiger partial charge in [0.2, 0.25) is 0 Å². The largest absolute Gasteiger partial charge is 0.455 e. The Morgan fingerprint density at radius 1 is 0.453 bits per heavy atom. The highest BCUT2D eigenvalue weighted by Crippen LogP contribution is 2.42. The van der Waals surface area contributed by atoms with Gasteiger partial charge in [0.05, 0.1) is 0 Å². The number of aliphatic imine (C=N–C) groups is 2. The number of furan rings is 1. The molecule has 1 unspecified atom stereocenters. The lowest BCUT2D eigenvalue weighted by molar-refractivity contribution is 0.670. The van der Waals surface area contributed by atoms with Gasteiger partial charge in [-0.15, -0.1) is 0 Å². The summed E-state index contributed by atoms with van der Waals surface area (Å²) < 4.78 is 6.94. The summed E-state index contributed by atoms with van der Waals surface area (Å²) in [4.78, 5) is 10.7. The molecule has 4 nitrogen and oxygen atoms in total. The number of nitrogens with one attached hydrogen (secondary N) is 1.